The number of carbonyl (C=O) groups is 1. The Morgan fingerprint density at radius 2 is 1.58 bits per heavy atom. The van der Waals surface area contributed by atoms with Crippen LogP contribution in [0, 0.1) is 13.8 Å². The van der Waals surface area contributed by atoms with Gasteiger partial charge in [-0.2, -0.15) is 0 Å². The minimum atomic E-state index is -0.260. The summed E-state index contributed by atoms with van der Waals surface area (Å²) in [7, 11) is 0. The molecular weight excluding hydrogens is 324 g/mol. The number of anilines is 3. The largest absolute Gasteiger partial charge is 0.340 e. The maximum atomic E-state index is 12.5. The number of carbonyl (C=O) groups excluding carboxylic acids is 1. The molecule has 0 bridgehead atoms. The number of aryl methyl sites for hydroxylation is 3. The lowest BCUT2D eigenvalue weighted by Crippen LogP contribution is -2.15. The van der Waals surface area contributed by atoms with Crippen molar-refractivity contribution in [1.29, 1.82) is 0 Å². The van der Waals surface area contributed by atoms with E-state index in [1.165, 1.54) is 5.56 Å². The van der Waals surface area contributed by atoms with E-state index in [4.69, 9.17) is 0 Å². The quantitative estimate of drug-likeness (QED) is 0.705. The van der Waals surface area contributed by atoms with E-state index < -0.39 is 0 Å². The van der Waals surface area contributed by atoms with E-state index in [1.54, 1.807) is 13.0 Å². The van der Waals surface area contributed by atoms with Crippen molar-refractivity contribution in [2.45, 2.75) is 27.2 Å². The second kappa shape index (κ2) is 7.78. The van der Waals surface area contributed by atoms with E-state index in [0.717, 1.165) is 23.4 Å². The van der Waals surface area contributed by atoms with Crippen LogP contribution >= 0.6 is 0 Å². The van der Waals surface area contributed by atoms with Gasteiger partial charge in [0, 0.05) is 17.4 Å². The van der Waals surface area contributed by atoms with E-state index in [-0.39, 0.29) is 5.91 Å². The van der Waals surface area contributed by atoms with Crippen LogP contribution in [0.25, 0.3) is 0 Å². The van der Waals surface area contributed by atoms with Crippen molar-refractivity contribution >= 4 is 23.1 Å². The highest BCUT2D eigenvalue weighted by atomic mass is 16.1. The first-order valence-corrected chi connectivity index (χ1v) is 8.63. The number of rotatable bonds is 5. The predicted octanol–water partition coefficient (Wildman–Crippen LogP) is 4.65. The van der Waals surface area contributed by atoms with Gasteiger partial charge in [-0.3, -0.25) is 4.79 Å². The molecule has 3 rings (SSSR count). The molecule has 3 aromatic rings. The van der Waals surface area contributed by atoms with Crippen LogP contribution in [-0.2, 0) is 6.42 Å². The first-order chi connectivity index (χ1) is 12.5. The molecule has 0 saturated heterocycles. The monoisotopic (exact) mass is 346 g/mol. The Hall–Kier alpha value is -3.21. The Morgan fingerprint density at radius 3 is 2.23 bits per heavy atom. The van der Waals surface area contributed by atoms with Crippen LogP contribution in [0.5, 0.6) is 0 Å². The highest BCUT2D eigenvalue weighted by Crippen LogP contribution is 2.17. The van der Waals surface area contributed by atoms with E-state index in [1.807, 2.05) is 43.3 Å². The summed E-state index contributed by atoms with van der Waals surface area (Å²) in [4.78, 5) is 21.1. The van der Waals surface area contributed by atoms with Crippen molar-refractivity contribution in [2.24, 2.45) is 0 Å². The molecule has 0 radical (unpaired) electrons. The molecule has 0 atom stereocenters. The van der Waals surface area contributed by atoms with Gasteiger partial charge in [0.2, 0.25) is 0 Å². The molecule has 0 saturated carbocycles. The topological polar surface area (TPSA) is 66.9 Å². The molecule has 0 aliphatic heterocycles. The molecule has 0 aliphatic carbocycles. The van der Waals surface area contributed by atoms with E-state index in [0.29, 0.717) is 17.3 Å². The van der Waals surface area contributed by atoms with Crippen molar-refractivity contribution in [2.75, 3.05) is 10.6 Å². The van der Waals surface area contributed by atoms with Gasteiger partial charge in [0.05, 0.1) is 0 Å². The summed E-state index contributed by atoms with van der Waals surface area (Å²) in [5, 5.41) is 6.09. The summed E-state index contributed by atoms with van der Waals surface area (Å²) in [6.45, 7) is 5.90. The minimum Gasteiger partial charge on any atom is -0.340 e. The van der Waals surface area contributed by atoms with Gasteiger partial charge in [-0.15, -0.1) is 0 Å². The zero-order chi connectivity index (χ0) is 18.5. The van der Waals surface area contributed by atoms with Crippen molar-refractivity contribution < 1.29 is 4.79 Å². The number of aromatic nitrogens is 2. The third-order valence-corrected chi connectivity index (χ3v) is 4.01. The molecule has 0 unspecified atom stereocenters. The average molecular weight is 346 g/mol. The molecule has 0 spiro atoms. The molecule has 5 nitrogen and oxygen atoms in total. The van der Waals surface area contributed by atoms with Crippen LogP contribution in [-0.4, -0.2) is 15.9 Å². The van der Waals surface area contributed by atoms with Crippen LogP contribution in [0.15, 0.2) is 54.6 Å². The Balaban J connectivity index is 1.77. The third kappa shape index (κ3) is 4.45. The Labute approximate surface area is 153 Å². The summed E-state index contributed by atoms with van der Waals surface area (Å²) >= 11 is 0. The lowest BCUT2D eigenvalue weighted by molar-refractivity contribution is 0.102. The maximum absolute atomic E-state index is 12.5. The fourth-order valence-corrected chi connectivity index (χ4v) is 2.55. The number of hydrogen-bond acceptors (Lipinski definition) is 4. The van der Waals surface area contributed by atoms with Gasteiger partial charge in [-0.05, 0) is 50.1 Å². The minimum absolute atomic E-state index is 0.260. The lowest BCUT2D eigenvalue weighted by Gasteiger charge is -2.10. The molecule has 26 heavy (non-hydrogen) atoms. The predicted molar refractivity (Wildman–Crippen MR) is 105 cm³/mol. The smallest absolute Gasteiger partial charge is 0.274 e. The summed E-state index contributed by atoms with van der Waals surface area (Å²) in [6.07, 6.45) is 0.996. The zero-order valence-electron chi connectivity index (χ0n) is 15.2. The summed E-state index contributed by atoms with van der Waals surface area (Å²) in [5.74, 6) is 0.869. The lowest BCUT2D eigenvalue weighted by atomic mass is 10.1. The first kappa shape index (κ1) is 17.6. The van der Waals surface area contributed by atoms with E-state index in [9.17, 15) is 4.79 Å². The molecule has 0 fully saturated rings. The van der Waals surface area contributed by atoms with E-state index >= 15 is 0 Å². The maximum Gasteiger partial charge on any atom is 0.274 e. The highest BCUT2D eigenvalue weighted by molar-refractivity contribution is 6.03. The molecule has 5 heteroatoms. The van der Waals surface area contributed by atoms with Gasteiger partial charge in [0.1, 0.15) is 17.3 Å². The summed E-state index contributed by atoms with van der Waals surface area (Å²) in [5.41, 5.74) is 4.39. The van der Waals surface area contributed by atoms with Crippen LogP contribution in [0.1, 0.15) is 34.4 Å². The standard InChI is InChI=1S/C21H22N4O/c1-4-16-7-11-17(12-8-16)24-20-13-19(22-15(3)23-20)21(26)25-18-9-5-14(2)6-10-18/h5-13H,4H2,1-3H3,(H,25,26)(H,22,23,24). The van der Waals surface area contributed by atoms with Crippen molar-refractivity contribution in [3.05, 3.63) is 77.2 Å². The normalized spacial score (nSPS) is 10.4. The number of amides is 1. The van der Waals surface area contributed by atoms with Gasteiger partial charge in [0.25, 0.3) is 5.91 Å². The first-order valence-electron chi connectivity index (χ1n) is 8.63. The van der Waals surface area contributed by atoms with Crippen molar-refractivity contribution in [3.63, 3.8) is 0 Å². The Morgan fingerprint density at radius 1 is 0.923 bits per heavy atom. The molecule has 0 aliphatic rings. The number of benzene rings is 2. The Kier molecular flexibility index (Phi) is 5.27. The number of hydrogen-bond donors (Lipinski definition) is 2. The second-order valence-corrected chi connectivity index (χ2v) is 6.18. The van der Waals surface area contributed by atoms with E-state index in [2.05, 4.69) is 39.7 Å². The molecule has 1 heterocycles. The molecule has 1 aromatic heterocycles. The fourth-order valence-electron chi connectivity index (χ4n) is 2.55. The van der Waals surface area contributed by atoms with Crippen molar-refractivity contribution in [1.82, 2.24) is 9.97 Å². The second-order valence-electron chi connectivity index (χ2n) is 6.18. The van der Waals surface area contributed by atoms with Gasteiger partial charge in [-0.25, -0.2) is 9.97 Å². The summed E-state index contributed by atoms with van der Waals surface area (Å²) < 4.78 is 0. The Bertz CT molecular complexity index is 902. The molecule has 132 valence electrons. The fraction of sp³-hybridized carbons (Fsp3) is 0.190. The SMILES string of the molecule is CCc1ccc(Nc2cc(C(=O)Nc3ccc(C)cc3)nc(C)n2)cc1. The summed E-state index contributed by atoms with van der Waals surface area (Å²) in [6, 6.07) is 17.4. The number of nitrogens with one attached hydrogen (secondary N) is 2. The van der Waals surface area contributed by atoms with Crippen LogP contribution in [0.2, 0.25) is 0 Å². The van der Waals surface area contributed by atoms with Crippen LogP contribution in [0.4, 0.5) is 17.2 Å². The molecule has 1 amide bonds. The van der Waals surface area contributed by atoms with Crippen LogP contribution < -0.4 is 10.6 Å². The number of nitrogens with zero attached hydrogens (tertiary/aromatic N) is 2. The molecule has 2 aromatic carbocycles. The average Bonchev–Trinajstić information content (AvgIpc) is 2.64. The molecule has 2 N–H and O–H groups in total. The van der Waals surface area contributed by atoms with Crippen LogP contribution in [0.3, 0.4) is 0 Å². The van der Waals surface area contributed by atoms with Crippen molar-refractivity contribution in [3.8, 4) is 0 Å². The van der Waals surface area contributed by atoms with Gasteiger partial charge < -0.3 is 10.6 Å². The third-order valence-electron chi connectivity index (χ3n) is 4.01. The van der Waals surface area contributed by atoms with Gasteiger partial charge >= 0.3 is 0 Å². The van der Waals surface area contributed by atoms with Gasteiger partial charge in [-0.1, -0.05) is 36.8 Å². The molecular formula is C21H22N4O. The highest BCUT2D eigenvalue weighted by Gasteiger charge is 2.11. The van der Waals surface area contributed by atoms with Gasteiger partial charge in [0.15, 0.2) is 0 Å². The zero-order valence-corrected chi connectivity index (χ0v) is 15.2.